The van der Waals surface area contributed by atoms with E-state index in [0.29, 0.717) is 19.5 Å². The lowest BCUT2D eigenvalue weighted by molar-refractivity contribution is -0.121. The average molecular weight is 378 g/mol. The number of nitrogens with one attached hydrogen (secondary N) is 1. The summed E-state index contributed by atoms with van der Waals surface area (Å²) >= 11 is 0. The minimum absolute atomic E-state index is 0. The van der Waals surface area contributed by atoms with E-state index >= 15 is 0 Å². The lowest BCUT2D eigenvalue weighted by atomic mass is 10.0. The minimum Gasteiger partial charge on any atom is -0.497 e. The van der Waals surface area contributed by atoms with Crippen molar-refractivity contribution in [2.24, 2.45) is 5.73 Å². The summed E-state index contributed by atoms with van der Waals surface area (Å²) in [6.45, 7) is 3.36. The van der Waals surface area contributed by atoms with E-state index < -0.39 is 0 Å². The van der Waals surface area contributed by atoms with E-state index in [9.17, 15) is 4.79 Å². The molecule has 0 saturated carbocycles. The van der Waals surface area contributed by atoms with Crippen LogP contribution in [0, 0.1) is 0 Å². The van der Waals surface area contributed by atoms with Crippen molar-refractivity contribution in [3.05, 3.63) is 29.8 Å². The Kier molecular flexibility index (Phi) is 11.8. The van der Waals surface area contributed by atoms with Crippen LogP contribution in [0.25, 0.3) is 0 Å². The molecule has 5 nitrogen and oxygen atoms in total. The van der Waals surface area contributed by atoms with Gasteiger partial charge in [-0.05, 0) is 56.6 Å². The Bertz CT molecular complexity index is 483. The first kappa shape index (κ1) is 23.0. The molecule has 1 atom stereocenters. The Morgan fingerprint density at radius 1 is 1.33 bits per heavy atom. The molecule has 0 aromatic heterocycles. The van der Waals surface area contributed by atoms with Gasteiger partial charge in [-0.3, -0.25) is 9.69 Å². The molecule has 0 bridgehead atoms. The van der Waals surface area contributed by atoms with Crippen LogP contribution >= 0.6 is 24.8 Å². The Balaban J connectivity index is 0.00000264. The van der Waals surface area contributed by atoms with Crippen LogP contribution in [0.3, 0.4) is 0 Å². The first-order valence-electron chi connectivity index (χ1n) is 8.09. The molecule has 1 heterocycles. The molecule has 1 aliphatic rings. The zero-order valence-electron chi connectivity index (χ0n) is 14.2. The number of nitrogens with two attached hydrogens (primary N) is 1. The van der Waals surface area contributed by atoms with E-state index in [1.54, 1.807) is 7.11 Å². The molecule has 1 aliphatic heterocycles. The highest BCUT2D eigenvalue weighted by molar-refractivity contribution is 5.85. The molecule has 24 heavy (non-hydrogen) atoms. The minimum atomic E-state index is 0. The van der Waals surface area contributed by atoms with Crippen molar-refractivity contribution in [3.63, 3.8) is 0 Å². The zero-order valence-corrected chi connectivity index (χ0v) is 15.8. The molecule has 1 saturated heterocycles. The highest BCUT2D eigenvalue weighted by Gasteiger charge is 2.24. The predicted octanol–water partition coefficient (Wildman–Crippen LogP) is 2.53. The number of ether oxygens (including phenoxy) is 1. The summed E-state index contributed by atoms with van der Waals surface area (Å²) in [5, 5.41) is 3.05. The summed E-state index contributed by atoms with van der Waals surface area (Å²) in [6.07, 6.45) is 3.68. The van der Waals surface area contributed by atoms with E-state index in [2.05, 4.69) is 22.3 Å². The molecule has 1 unspecified atom stereocenters. The van der Waals surface area contributed by atoms with Gasteiger partial charge in [-0.1, -0.05) is 12.1 Å². The number of rotatable bonds is 8. The molecule has 0 aliphatic carbocycles. The monoisotopic (exact) mass is 377 g/mol. The fourth-order valence-electron chi connectivity index (χ4n) is 2.92. The van der Waals surface area contributed by atoms with Crippen LogP contribution in [0.1, 0.15) is 37.3 Å². The number of carbonyl (C=O) groups excluding carboxylic acids is 1. The maximum absolute atomic E-state index is 11.9. The Hall–Kier alpha value is -1.01. The van der Waals surface area contributed by atoms with Crippen molar-refractivity contribution in [3.8, 4) is 5.75 Å². The predicted molar refractivity (Wildman–Crippen MR) is 102 cm³/mol. The lowest BCUT2D eigenvalue weighted by Crippen LogP contribution is -2.36. The molecule has 3 N–H and O–H groups in total. The van der Waals surface area contributed by atoms with E-state index in [-0.39, 0.29) is 36.8 Å². The van der Waals surface area contributed by atoms with Crippen molar-refractivity contribution in [1.82, 2.24) is 10.2 Å². The average Bonchev–Trinajstić information content (AvgIpc) is 3.07. The number of benzene rings is 1. The molecule has 1 fully saturated rings. The summed E-state index contributed by atoms with van der Waals surface area (Å²) in [6, 6.07) is 8.34. The van der Waals surface area contributed by atoms with Crippen molar-refractivity contribution in [2.75, 3.05) is 33.3 Å². The number of carbonyl (C=O) groups is 1. The standard InChI is InChI=1S/C17H27N3O2.2ClH/c1-22-15-7-4-6-14(12-15)16(20-10-2-3-11-20)13-19-17(21)8-5-9-18;;/h4,6-7,12,16H,2-3,5,8-11,13,18H2,1H3,(H,19,21);2*1H. The lowest BCUT2D eigenvalue weighted by Gasteiger charge is -2.28. The second-order valence-electron chi connectivity index (χ2n) is 5.73. The molecule has 0 spiro atoms. The number of methoxy groups -OCH3 is 1. The van der Waals surface area contributed by atoms with Crippen molar-refractivity contribution >= 4 is 30.7 Å². The second-order valence-corrected chi connectivity index (χ2v) is 5.73. The Morgan fingerprint density at radius 3 is 2.67 bits per heavy atom. The summed E-state index contributed by atoms with van der Waals surface area (Å²) in [7, 11) is 1.68. The zero-order chi connectivity index (χ0) is 15.8. The van der Waals surface area contributed by atoms with Crippen molar-refractivity contribution in [2.45, 2.75) is 31.7 Å². The summed E-state index contributed by atoms with van der Waals surface area (Å²) in [4.78, 5) is 14.3. The van der Waals surface area contributed by atoms with Crippen molar-refractivity contribution < 1.29 is 9.53 Å². The fourth-order valence-corrected chi connectivity index (χ4v) is 2.92. The Morgan fingerprint density at radius 2 is 2.04 bits per heavy atom. The SMILES string of the molecule is COc1cccc(C(CNC(=O)CCCN)N2CCCC2)c1.Cl.Cl. The molecule has 7 heteroatoms. The number of nitrogens with zero attached hydrogens (tertiary/aromatic N) is 1. The number of amides is 1. The maximum atomic E-state index is 11.9. The topological polar surface area (TPSA) is 67.6 Å². The summed E-state index contributed by atoms with van der Waals surface area (Å²) < 4.78 is 5.33. The van der Waals surface area contributed by atoms with Gasteiger partial charge in [-0.2, -0.15) is 0 Å². The van der Waals surface area contributed by atoms with E-state index in [1.165, 1.54) is 18.4 Å². The van der Waals surface area contributed by atoms with Gasteiger partial charge in [-0.25, -0.2) is 0 Å². The first-order chi connectivity index (χ1) is 10.7. The van der Waals surface area contributed by atoms with E-state index in [4.69, 9.17) is 10.5 Å². The van der Waals surface area contributed by atoms with Gasteiger partial charge in [0, 0.05) is 13.0 Å². The van der Waals surface area contributed by atoms with Gasteiger partial charge < -0.3 is 15.8 Å². The smallest absolute Gasteiger partial charge is 0.220 e. The highest BCUT2D eigenvalue weighted by atomic mass is 35.5. The maximum Gasteiger partial charge on any atom is 0.220 e. The molecule has 1 amide bonds. The molecule has 0 radical (unpaired) electrons. The Labute approximate surface area is 157 Å². The normalized spacial score (nSPS) is 15.1. The third-order valence-corrected chi connectivity index (χ3v) is 4.16. The van der Waals surface area contributed by atoms with Crippen LogP contribution in [0.4, 0.5) is 0 Å². The largest absolute Gasteiger partial charge is 0.497 e. The molecule has 1 aromatic rings. The molecule has 1 aromatic carbocycles. The third-order valence-electron chi connectivity index (χ3n) is 4.16. The third kappa shape index (κ3) is 6.85. The first-order valence-corrected chi connectivity index (χ1v) is 8.09. The quantitative estimate of drug-likeness (QED) is 0.730. The van der Waals surface area contributed by atoms with Gasteiger partial charge in [-0.15, -0.1) is 24.8 Å². The van der Waals surface area contributed by atoms with Crippen LogP contribution in [0.5, 0.6) is 5.75 Å². The van der Waals surface area contributed by atoms with E-state index in [1.807, 2.05) is 12.1 Å². The van der Waals surface area contributed by atoms with Crippen LogP contribution in [0.15, 0.2) is 24.3 Å². The van der Waals surface area contributed by atoms with Crippen LogP contribution in [-0.4, -0.2) is 44.1 Å². The van der Waals surface area contributed by atoms with Gasteiger partial charge >= 0.3 is 0 Å². The van der Waals surface area contributed by atoms with E-state index in [0.717, 1.165) is 25.3 Å². The molecule has 138 valence electrons. The number of hydrogen-bond acceptors (Lipinski definition) is 4. The van der Waals surface area contributed by atoms with Gasteiger partial charge in [0.15, 0.2) is 0 Å². The molecule has 2 rings (SSSR count). The highest BCUT2D eigenvalue weighted by Crippen LogP contribution is 2.27. The van der Waals surface area contributed by atoms with Gasteiger partial charge in [0.05, 0.1) is 13.2 Å². The number of likely N-dealkylation sites (tertiary alicyclic amines) is 1. The second kappa shape index (κ2) is 12.4. The van der Waals surface area contributed by atoms with Crippen LogP contribution in [-0.2, 0) is 4.79 Å². The van der Waals surface area contributed by atoms with Crippen LogP contribution < -0.4 is 15.8 Å². The van der Waals surface area contributed by atoms with Gasteiger partial charge in [0.2, 0.25) is 5.91 Å². The summed E-state index contributed by atoms with van der Waals surface area (Å²) in [5.74, 6) is 0.939. The summed E-state index contributed by atoms with van der Waals surface area (Å²) in [5.41, 5.74) is 6.65. The van der Waals surface area contributed by atoms with Gasteiger partial charge in [0.1, 0.15) is 5.75 Å². The number of halogens is 2. The van der Waals surface area contributed by atoms with Gasteiger partial charge in [0.25, 0.3) is 0 Å². The number of hydrogen-bond donors (Lipinski definition) is 2. The fraction of sp³-hybridized carbons (Fsp3) is 0.588. The van der Waals surface area contributed by atoms with Crippen molar-refractivity contribution in [1.29, 1.82) is 0 Å². The molecular formula is C17H29Cl2N3O2. The molecular weight excluding hydrogens is 349 g/mol. The van der Waals surface area contributed by atoms with Crippen LogP contribution in [0.2, 0.25) is 0 Å².